The standard InChI is InChI=1S/C18H14N2O3/c1-12(21)13-5-7-14(8-6-13)15-9-10-16(23-15)18(22)20-17-4-2-3-11-19-17/h2-11H,1H3,(H,19,20,22). The molecule has 0 atom stereocenters. The van der Waals surface area contributed by atoms with E-state index in [1.807, 2.05) is 0 Å². The van der Waals surface area contributed by atoms with Gasteiger partial charge < -0.3 is 9.73 Å². The van der Waals surface area contributed by atoms with Crippen LogP contribution in [0.1, 0.15) is 27.8 Å². The minimum absolute atomic E-state index is 0.00595. The topological polar surface area (TPSA) is 72.2 Å². The molecule has 1 amide bonds. The Balaban J connectivity index is 1.77. The van der Waals surface area contributed by atoms with Crippen molar-refractivity contribution in [3.05, 3.63) is 72.1 Å². The van der Waals surface area contributed by atoms with Crippen molar-refractivity contribution in [1.29, 1.82) is 0 Å². The van der Waals surface area contributed by atoms with Crippen molar-refractivity contribution < 1.29 is 14.0 Å². The number of nitrogens with zero attached hydrogens (tertiary/aromatic N) is 1. The highest BCUT2D eigenvalue weighted by Gasteiger charge is 2.13. The number of hydrogen-bond acceptors (Lipinski definition) is 4. The number of benzene rings is 1. The molecule has 0 aliphatic carbocycles. The van der Waals surface area contributed by atoms with E-state index in [4.69, 9.17) is 4.42 Å². The molecule has 3 aromatic rings. The number of furan rings is 1. The van der Waals surface area contributed by atoms with E-state index in [0.717, 1.165) is 5.56 Å². The molecule has 5 heteroatoms. The normalized spacial score (nSPS) is 10.3. The van der Waals surface area contributed by atoms with E-state index >= 15 is 0 Å². The number of amides is 1. The molecular formula is C18H14N2O3. The minimum Gasteiger partial charge on any atom is -0.451 e. The predicted molar refractivity (Wildman–Crippen MR) is 86.3 cm³/mol. The summed E-state index contributed by atoms with van der Waals surface area (Å²) >= 11 is 0. The van der Waals surface area contributed by atoms with Gasteiger partial charge in [-0.3, -0.25) is 9.59 Å². The quantitative estimate of drug-likeness (QED) is 0.744. The summed E-state index contributed by atoms with van der Waals surface area (Å²) in [5.74, 6) is 0.857. The van der Waals surface area contributed by atoms with E-state index in [0.29, 0.717) is 17.1 Å². The highest BCUT2D eigenvalue weighted by atomic mass is 16.3. The number of carbonyl (C=O) groups is 2. The van der Waals surface area contributed by atoms with Crippen LogP contribution < -0.4 is 5.32 Å². The third kappa shape index (κ3) is 3.35. The van der Waals surface area contributed by atoms with Gasteiger partial charge in [-0.15, -0.1) is 0 Å². The summed E-state index contributed by atoms with van der Waals surface area (Å²) < 4.78 is 5.58. The molecule has 0 aliphatic heterocycles. The van der Waals surface area contributed by atoms with E-state index in [9.17, 15) is 9.59 Å². The zero-order valence-corrected chi connectivity index (χ0v) is 12.4. The van der Waals surface area contributed by atoms with Crippen molar-refractivity contribution in [2.45, 2.75) is 6.92 Å². The smallest absolute Gasteiger partial charge is 0.292 e. The second-order valence-corrected chi connectivity index (χ2v) is 4.97. The van der Waals surface area contributed by atoms with Crippen LogP contribution in [0.5, 0.6) is 0 Å². The third-order valence-corrected chi connectivity index (χ3v) is 3.31. The number of nitrogens with one attached hydrogen (secondary N) is 1. The fraction of sp³-hybridized carbons (Fsp3) is 0.0556. The molecule has 1 N–H and O–H groups in total. The lowest BCUT2D eigenvalue weighted by atomic mass is 10.1. The minimum atomic E-state index is -0.365. The molecule has 1 aromatic carbocycles. The van der Waals surface area contributed by atoms with Crippen LogP contribution in [0.25, 0.3) is 11.3 Å². The number of pyridine rings is 1. The summed E-state index contributed by atoms with van der Waals surface area (Å²) in [6.45, 7) is 1.52. The monoisotopic (exact) mass is 306 g/mol. The van der Waals surface area contributed by atoms with Crippen LogP contribution in [0.15, 0.2) is 65.2 Å². The average molecular weight is 306 g/mol. The summed E-state index contributed by atoms with van der Waals surface area (Å²) in [5.41, 5.74) is 1.43. The summed E-state index contributed by atoms with van der Waals surface area (Å²) in [7, 11) is 0. The van der Waals surface area contributed by atoms with Crippen LogP contribution in [0.4, 0.5) is 5.82 Å². The average Bonchev–Trinajstić information content (AvgIpc) is 3.06. The van der Waals surface area contributed by atoms with Gasteiger partial charge in [0, 0.05) is 17.3 Å². The van der Waals surface area contributed by atoms with Crippen LogP contribution in [-0.4, -0.2) is 16.7 Å². The van der Waals surface area contributed by atoms with Crippen LogP contribution in [0, 0.1) is 0 Å². The van der Waals surface area contributed by atoms with Crippen molar-refractivity contribution in [3.8, 4) is 11.3 Å². The van der Waals surface area contributed by atoms with Crippen LogP contribution in [0.3, 0.4) is 0 Å². The lowest BCUT2D eigenvalue weighted by Crippen LogP contribution is -2.11. The molecule has 0 spiro atoms. The first-order valence-electron chi connectivity index (χ1n) is 7.07. The van der Waals surface area contributed by atoms with Gasteiger partial charge in [0.2, 0.25) is 0 Å². The van der Waals surface area contributed by atoms with Crippen LogP contribution in [-0.2, 0) is 0 Å². The Morgan fingerprint density at radius 3 is 2.43 bits per heavy atom. The summed E-state index contributed by atoms with van der Waals surface area (Å²) in [5, 5.41) is 2.66. The maximum absolute atomic E-state index is 12.1. The second-order valence-electron chi connectivity index (χ2n) is 4.97. The Hall–Kier alpha value is -3.21. The molecule has 114 valence electrons. The zero-order chi connectivity index (χ0) is 16.2. The van der Waals surface area contributed by atoms with Crippen molar-refractivity contribution in [2.75, 3.05) is 5.32 Å². The number of hydrogen-bond donors (Lipinski definition) is 1. The lowest BCUT2D eigenvalue weighted by molar-refractivity contribution is 0.0994. The molecule has 23 heavy (non-hydrogen) atoms. The van der Waals surface area contributed by atoms with E-state index in [-0.39, 0.29) is 17.5 Å². The third-order valence-electron chi connectivity index (χ3n) is 3.31. The first-order chi connectivity index (χ1) is 11.1. The maximum atomic E-state index is 12.1. The molecule has 0 unspecified atom stereocenters. The van der Waals surface area contributed by atoms with E-state index in [2.05, 4.69) is 10.3 Å². The molecule has 0 saturated heterocycles. The fourth-order valence-electron chi connectivity index (χ4n) is 2.10. The molecular weight excluding hydrogens is 292 g/mol. The van der Waals surface area contributed by atoms with Crippen LogP contribution >= 0.6 is 0 Å². The number of carbonyl (C=O) groups excluding carboxylic acids is 2. The predicted octanol–water partition coefficient (Wildman–Crippen LogP) is 3.80. The van der Waals surface area contributed by atoms with Gasteiger partial charge in [-0.05, 0) is 31.2 Å². The summed E-state index contributed by atoms with van der Waals surface area (Å²) in [6, 6.07) is 15.6. The van der Waals surface area contributed by atoms with Crippen molar-refractivity contribution in [3.63, 3.8) is 0 Å². The van der Waals surface area contributed by atoms with Crippen molar-refractivity contribution in [1.82, 2.24) is 4.98 Å². The molecule has 0 aliphatic rings. The molecule has 2 aromatic heterocycles. The number of anilines is 1. The molecule has 0 bridgehead atoms. The molecule has 0 saturated carbocycles. The van der Waals surface area contributed by atoms with Gasteiger partial charge in [-0.1, -0.05) is 30.3 Å². The second kappa shape index (κ2) is 6.27. The highest BCUT2D eigenvalue weighted by Crippen LogP contribution is 2.23. The van der Waals surface area contributed by atoms with Gasteiger partial charge in [0.25, 0.3) is 5.91 Å². The summed E-state index contributed by atoms with van der Waals surface area (Å²) in [6.07, 6.45) is 1.60. The number of Topliss-reactive ketones (excluding diaryl/α,β-unsaturated/α-hetero) is 1. The Kier molecular flexibility index (Phi) is 4.01. The lowest BCUT2D eigenvalue weighted by Gasteiger charge is -2.01. The van der Waals surface area contributed by atoms with E-state index < -0.39 is 0 Å². The zero-order valence-electron chi connectivity index (χ0n) is 12.4. The molecule has 0 radical (unpaired) electrons. The molecule has 3 rings (SSSR count). The maximum Gasteiger partial charge on any atom is 0.292 e. The SMILES string of the molecule is CC(=O)c1ccc(-c2ccc(C(=O)Nc3ccccn3)o2)cc1. The van der Waals surface area contributed by atoms with Gasteiger partial charge in [0.15, 0.2) is 11.5 Å². The Bertz CT molecular complexity index is 836. The Morgan fingerprint density at radius 1 is 1.00 bits per heavy atom. The first kappa shape index (κ1) is 14.7. The van der Waals surface area contributed by atoms with Gasteiger partial charge in [-0.25, -0.2) is 4.98 Å². The van der Waals surface area contributed by atoms with E-state index in [1.54, 1.807) is 60.8 Å². The van der Waals surface area contributed by atoms with Crippen molar-refractivity contribution >= 4 is 17.5 Å². The molecule has 5 nitrogen and oxygen atoms in total. The largest absolute Gasteiger partial charge is 0.451 e. The number of rotatable bonds is 4. The molecule has 0 fully saturated rings. The first-order valence-corrected chi connectivity index (χ1v) is 7.07. The Morgan fingerprint density at radius 2 is 1.78 bits per heavy atom. The molecule has 2 heterocycles. The summed E-state index contributed by atoms with van der Waals surface area (Å²) in [4.78, 5) is 27.4. The van der Waals surface area contributed by atoms with Gasteiger partial charge in [-0.2, -0.15) is 0 Å². The van der Waals surface area contributed by atoms with Gasteiger partial charge >= 0.3 is 0 Å². The Labute approximate surface area is 133 Å². The van der Waals surface area contributed by atoms with Gasteiger partial charge in [0.1, 0.15) is 11.6 Å². The van der Waals surface area contributed by atoms with E-state index in [1.165, 1.54) is 6.92 Å². The number of aromatic nitrogens is 1. The van der Waals surface area contributed by atoms with Gasteiger partial charge in [0.05, 0.1) is 0 Å². The van der Waals surface area contributed by atoms with Crippen molar-refractivity contribution in [2.24, 2.45) is 0 Å². The van der Waals surface area contributed by atoms with Crippen LogP contribution in [0.2, 0.25) is 0 Å². The fourth-order valence-corrected chi connectivity index (χ4v) is 2.10. The highest BCUT2D eigenvalue weighted by molar-refractivity contribution is 6.02. The number of ketones is 1.